The van der Waals surface area contributed by atoms with Crippen LogP contribution in [0.3, 0.4) is 0 Å². The zero-order valence-electron chi connectivity index (χ0n) is 13.9. The van der Waals surface area contributed by atoms with Crippen LogP contribution in [-0.2, 0) is 17.1 Å². The summed E-state index contributed by atoms with van der Waals surface area (Å²) in [6, 6.07) is 4.39. The number of nitrogens with zero attached hydrogens (tertiary/aromatic N) is 4. The third kappa shape index (κ3) is 2.86. The van der Waals surface area contributed by atoms with Crippen LogP contribution in [0, 0.1) is 0 Å². The van der Waals surface area contributed by atoms with Gasteiger partial charge in [0.25, 0.3) is 0 Å². The minimum atomic E-state index is -3.70. The van der Waals surface area contributed by atoms with Crippen molar-refractivity contribution in [1.29, 1.82) is 0 Å². The van der Waals surface area contributed by atoms with E-state index in [0.717, 1.165) is 0 Å². The normalized spacial score (nSPS) is 18.4. The molecule has 2 aromatic heterocycles. The van der Waals surface area contributed by atoms with Crippen LogP contribution in [0.15, 0.2) is 50.9 Å². The first-order valence-corrected chi connectivity index (χ1v) is 9.41. The molecule has 0 radical (unpaired) electrons. The Bertz CT molecular complexity index is 1110. The summed E-state index contributed by atoms with van der Waals surface area (Å²) in [6.45, 7) is 0.566. The quantitative estimate of drug-likeness (QED) is 0.661. The lowest BCUT2D eigenvalue weighted by Gasteiger charge is -2.17. The molecule has 1 aliphatic heterocycles. The van der Waals surface area contributed by atoms with Crippen LogP contribution in [0.5, 0.6) is 5.88 Å². The van der Waals surface area contributed by atoms with Crippen LogP contribution < -0.4 is 10.5 Å². The molecule has 1 unspecified atom stereocenters. The molecule has 0 aliphatic carbocycles. The second-order valence-electron chi connectivity index (χ2n) is 5.99. The Morgan fingerprint density at radius 1 is 1.31 bits per heavy atom. The number of hydrogen-bond donors (Lipinski definition) is 0. The van der Waals surface area contributed by atoms with Crippen LogP contribution in [0.2, 0.25) is 0 Å². The number of oxazole rings is 1. The van der Waals surface area contributed by atoms with Gasteiger partial charge < -0.3 is 9.15 Å². The highest BCUT2D eigenvalue weighted by molar-refractivity contribution is 7.89. The Labute approximate surface area is 148 Å². The van der Waals surface area contributed by atoms with Crippen molar-refractivity contribution < 1.29 is 17.6 Å². The van der Waals surface area contributed by atoms with Gasteiger partial charge in [-0.3, -0.25) is 9.55 Å². The van der Waals surface area contributed by atoms with Gasteiger partial charge in [-0.1, -0.05) is 0 Å². The molecule has 1 saturated heterocycles. The van der Waals surface area contributed by atoms with E-state index in [1.165, 1.54) is 52.7 Å². The third-order valence-corrected chi connectivity index (χ3v) is 6.20. The van der Waals surface area contributed by atoms with Gasteiger partial charge in [0.1, 0.15) is 6.10 Å². The topological polar surface area (TPSA) is 108 Å². The largest absolute Gasteiger partial charge is 0.472 e. The van der Waals surface area contributed by atoms with Gasteiger partial charge >= 0.3 is 5.76 Å². The van der Waals surface area contributed by atoms with Crippen molar-refractivity contribution in [3.05, 3.63) is 47.3 Å². The van der Waals surface area contributed by atoms with Crippen molar-refractivity contribution in [2.24, 2.45) is 7.05 Å². The zero-order chi connectivity index (χ0) is 18.3. The average molecular weight is 376 g/mol. The van der Waals surface area contributed by atoms with Crippen molar-refractivity contribution in [3.63, 3.8) is 0 Å². The van der Waals surface area contributed by atoms with Crippen LogP contribution in [0.4, 0.5) is 0 Å². The SMILES string of the molecule is Cn1c(=O)oc2ccc(S(=O)(=O)N3CCC(Oc4cnccn4)C3)cc21. The highest BCUT2D eigenvalue weighted by Gasteiger charge is 2.34. The van der Waals surface area contributed by atoms with Gasteiger partial charge in [-0.15, -0.1) is 0 Å². The Kier molecular flexibility index (Phi) is 4.00. The maximum Gasteiger partial charge on any atom is 0.419 e. The van der Waals surface area contributed by atoms with E-state index in [1.54, 1.807) is 0 Å². The predicted molar refractivity (Wildman–Crippen MR) is 91.3 cm³/mol. The van der Waals surface area contributed by atoms with Gasteiger partial charge in [0.15, 0.2) is 5.58 Å². The van der Waals surface area contributed by atoms with Crippen LogP contribution in [0.1, 0.15) is 6.42 Å². The molecule has 1 fully saturated rings. The Balaban J connectivity index is 1.57. The van der Waals surface area contributed by atoms with Crippen molar-refractivity contribution in [2.75, 3.05) is 13.1 Å². The number of ether oxygens (including phenoxy) is 1. The van der Waals surface area contributed by atoms with Gasteiger partial charge in [-0.25, -0.2) is 18.2 Å². The molecule has 0 amide bonds. The van der Waals surface area contributed by atoms with Gasteiger partial charge in [0.05, 0.1) is 23.2 Å². The fraction of sp³-hybridized carbons (Fsp3) is 0.312. The molecule has 4 rings (SSSR count). The lowest BCUT2D eigenvalue weighted by atomic mass is 10.3. The number of rotatable bonds is 4. The molecule has 0 N–H and O–H groups in total. The molecule has 1 atom stereocenters. The van der Waals surface area contributed by atoms with E-state index in [2.05, 4.69) is 9.97 Å². The Morgan fingerprint density at radius 3 is 2.92 bits per heavy atom. The molecule has 0 saturated carbocycles. The smallest absolute Gasteiger partial charge is 0.419 e. The zero-order valence-corrected chi connectivity index (χ0v) is 14.7. The molecular weight excluding hydrogens is 360 g/mol. The maximum atomic E-state index is 12.9. The van der Waals surface area contributed by atoms with Crippen molar-refractivity contribution in [1.82, 2.24) is 18.8 Å². The lowest BCUT2D eigenvalue weighted by molar-refractivity contribution is 0.206. The summed E-state index contributed by atoms with van der Waals surface area (Å²) in [4.78, 5) is 19.7. The summed E-state index contributed by atoms with van der Waals surface area (Å²) in [5, 5.41) is 0. The number of aryl methyl sites for hydroxylation is 1. The summed E-state index contributed by atoms with van der Waals surface area (Å²) in [6.07, 6.45) is 4.82. The number of sulfonamides is 1. The summed E-state index contributed by atoms with van der Waals surface area (Å²) >= 11 is 0. The standard InChI is InChI=1S/C16H16N4O5S/c1-19-13-8-12(2-3-14(13)25-16(19)21)26(22,23)20-7-4-11(10-20)24-15-9-17-5-6-18-15/h2-3,5-6,8-9,11H,4,7,10H2,1H3. The molecule has 1 aliphatic rings. The molecule has 136 valence electrons. The molecule has 9 nitrogen and oxygen atoms in total. The summed E-state index contributed by atoms with van der Waals surface area (Å²) in [5.74, 6) is -0.167. The van der Waals surface area contributed by atoms with Crippen molar-refractivity contribution in [2.45, 2.75) is 17.4 Å². The highest BCUT2D eigenvalue weighted by Crippen LogP contribution is 2.25. The molecule has 0 spiro atoms. The van der Waals surface area contributed by atoms with Crippen molar-refractivity contribution >= 4 is 21.1 Å². The molecule has 0 bridgehead atoms. The maximum absolute atomic E-state index is 12.9. The van der Waals surface area contributed by atoms with E-state index in [0.29, 0.717) is 29.9 Å². The number of aromatic nitrogens is 3. The summed E-state index contributed by atoms with van der Waals surface area (Å²) in [5.41, 5.74) is 0.782. The summed E-state index contributed by atoms with van der Waals surface area (Å²) in [7, 11) is -2.17. The molecule has 26 heavy (non-hydrogen) atoms. The molecule has 10 heteroatoms. The second-order valence-corrected chi connectivity index (χ2v) is 7.93. The van der Waals surface area contributed by atoms with Gasteiger partial charge in [-0.05, 0) is 24.6 Å². The van der Waals surface area contributed by atoms with E-state index in [4.69, 9.17) is 9.15 Å². The third-order valence-electron chi connectivity index (χ3n) is 4.34. The second kappa shape index (κ2) is 6.22. The Hall–Kier alpha value is -2.72. The van der Waals surface area contributed by atoms with E-state index in [9.17, 15) is 13.2 Å². The molecule has 3 aromatic rings. The highest BCUT2D eigenvalue weighted by atomic mass is 32.2. The Morgan fingerprint density at radius 2 is 2.15 bits per heavy atom. The monoisotopic (exact) mass is 376 g/mol. The number of fused-ring (bicyclic) bond motifs is 1. The number of hydrogen-bond acceptors (Lipinski definition) is 7. The van der Waals surface area contributed by atoms with Gasteiger partial charge in [0.2, 0.25) is 15.9 Å². The molecule has 3 heterocycles. The predicted octanol–water partition coefficient (Wildman–Crippen LogP) is 0.763. The summed E-state index contributed by atoms with van der Waals surface area (Å²) < 4.78 is 39.2. The molecule has 1 aromatic carbocycles. The van der Waals surface area contributed by atoms with E-state index in [1.807, 2.05) is 0 Å². The van der Waals surface area contributed by atoms with Crippen molar-refractivity contribution in [3.8, 4) is 5.88 Å². The first-order chi connectivity index (χ1) is 12.4. The number of benzene rings is 1. The van der Waals surface area contributed by atoms with E-state index < -0.39 is 15.8 Å². The lowest BCUT2D eigenvalue weighted by Crippen LogP contribution is -2.31. The molecular formula is C16H16N4O5S. The average Bonchev–Trinajstić information content (AvgIpc) is 3.21. The minimum absolute atomic E-state index is 0.113. The van der Waals surface area contributed by atoms with Gasteiger partial charge in [-0.2, -0.15) is 4.31 Å². The van der Waals surface area contributed by atoms with Crippen LogP contribution in [-0.4, -0.2) is 46.5 Å². The first kappa shape index (κ1) is 16.7. The van der Waals surface area contributed by atoms with Crippen LogP contribution >= 0.6 is 0 Å². The van der Waals surface area contributed by atoms with Crippen LogP contribution in [0.25, 0.3) is 11.1 Å². The van der Waals surface area contributed by atoms with E-state index >= 15 is 0 Å². The fourth-order valence-electron chi connectivity index (χ4n) is 2.95. The van der Waals surface area contributed by atoms with Gasteiger partial charge in [0, 0.05) is 26.0 Å². The minimum Gasteiger partial charge on any atom is -0.472 e. The first-order valence-electron chi connectivity index (χ1n) is 7.97. The fourth-order valence-corrected chi connectivity index (χ4v) is 4.45. The van der Waals surface area contributed by atoms with E-state index in [-0.39, 0.29) is 17.5 Å².